The van der Waals surface area contributed by atoms with Crippen LogP contribution in [0, 0.1) is 0 Å². The van der Waals surface area contributed by atoms with Gasteiger partial charge in [0.15, 0.2) is 0 Å². The molecule has 0 saturated heterocycles. The van der Waals surface area contributed by atoms with E-state index in [1.807, 2.05) is 23.5 Å². The van der Waals surface area contributed by atoms with E-state index in [0.717, 1.165) is 106 Å². The highest BCUT2D eigenvalue weighted by molar-refractivity contribution is 7.25. The van der Waals surface area contributed by atoms with Crippen LogP contribution in [-0.2, 0) is 0 Å². The van der Waals surface area contributed by atoms with Gasteiger partial charge in [-0.2, -0.15) is 0 Å². The average Bonchev–Trinajstić information content (AvgIpc) is 1.70. The summed E-state index contributed by atoms with van der Waals surface area (Å²) in [6, 6.07) is 181. The third kappa shape index (κ3) is 12.7. The van der Waals surface area contributed by atoms with Gasteiger partial charge < -0.3 is 23.2 Å². The van der Waals surface area contributed by atoms with Crippen LogP contribution in [0.3, 0.4) is 0 Å². The largest absolute Gasteiger partial charge is 0.456 e. The summed E-state index contributed by atoms with van der Waals surface area (Å²) in [5, 5.41) is 36.5. The van der Waals surface area contributed by atoms with Crippen LogP contribution in [0.25, 0.3) is 221 Å². The molecule has 33 rings (SSSR count). The molecule has 5 nitrogen and oxygen atoms in total. The fourth-order valence-electron chi connectivity index (χ4n) is 25.5. The van der Waals surface area contributed by atoms with E-state index in [9.17, 15) is 0 Å². The van der Waals surface area contributed by atoms with Crippen LogP contribution in [0.4, 0.5) is 0 Å². The molecule has 0 aliphatic carbocycles. The molecule has 3 aliphatic rings. The van der Waals surface area contributed by atoms with Gasteiger partial charge >= 0.3 is 0 Å². The maximum atomic E-state index is 7.25. The van der Waals surface area contributed by atoms with Crippen molar-refractivity contribution in [1.82, 2.24) is 4.57 Å². The molecule has 6 heterocycles. The van der Waals surface area contributed by atoms with Crippen molar-refractivity contribution in [1.29, 1.82) is 0 Å². The average molecular weight is 1890 g/mol. The van der Waals surface area contributed by atoms with E-state index in [1.165, 1.54) is 200 Å². The Hall–Kier alpha value is -18.7. The van der Waals surface area contributed by atoms with Crippen molar-refractivity contribution in [2.45, 2.75) is 17.8 Å². The molecule has 3 aromatic heterocycles. The van der Waals surface area contributed by atoms with Gasteiger partial charge in [0.25, 0.3) is 0 Å². The number of thiophene rings is 1. The fraction of sp³-hybridized carbons (Fsp3) is 0.0213. The number of hydrogen-bond acceptors (Lipinski definition) is 5. The Balaban J connectivity index is 0.0000000999. The van der Waals surface area contributed by atoms with Crippen molar-refractivity contribution in [3.8, 4) is 62.4 Å². The van der Waals surface area contributed by atoms with E-state index >= 15 is 0 Å². The molecule has 30 aromatic rings. The molecule has 0 unspecified atom stereocenters. The first kappa shape index (κ1) is 83.0. The Kier molecular flexibility index (Phi) is 18.6. The summed E-state index contributed by atoms with van der Waals surface area (Å²) >= 11 is 1.87. The van der Waals surface area contributed by atoms with E-state index in [2.05, 4.69) is 490 Å². The van der Waals surface area contributed by atoms with Gasteiger partial charge in [-0.15, -0.1) is 11.3 Å². The molecule has 0 atom stereocenters. The minimum atomic E-state index is -0.0466. The molecule has 0 fully saturated rings. The van der Waals surface area contributed by atoms with Gasteiger partial charge in [-0.1, -0.05) is 443 Å². The lowest BCUT2D eigenvalue weighted by atomic mass is 9.76. The smallest absolute Gasteiger partial charge is 0.140 e. The number of ether oxygens (including phenoxy) is 3. The molecular weight excluding hydrogens is 1800 g/mol. The molecule has 147 heavy (non-hydrogen) atoms. The predicted molar refractivity (Wildman–Crippen MR) is 616 cm³/mol. The molecule has 0 bridgehead atoms. The Bertz CT molecular complexity index is 10000. The van der Waals surface area contributed by atoms with Crippen LogP contribution in [0.15, 0.2) is 502 Å². The van der Waals surface area contributed by atoms with Gasteiger partial charge in [0.1, 0.15) is 45.7 Å². The van der Waals surface area contributed by atoms with Crippen LogP contribution >= 0.6 is 11.3 Å². The number of fused-ring (bicyclic) bond motifs is 45. The van der Waals surface area contributed by atoms with E-state index in [0.29, 0.717) is 0 Å². The number of para-hydroxylation sites is 3. The summed E-state index contributed by atoms with van der Waals surface area (Å²) in [4.78, 5) is 0. The van der Waals surface area contributed by atoms with E-state index in [-0.39, 0.29) is 17.8 Å². The maximum Gasteiger partial charge on any atom is 0.140 e. The molecule has 3 aliphatic heterocycles. The van der Waals surface area contributed by atoms with Gasteiger partial charge in [-0.3, -0.25) is 0 Å². The molecule has 0 saturated carbocycles. The summed E-state index contributed by atoms with van der Waals surface area (Å²) in [5.41, 5.74) is 21.3. The zero-order chi connectivity index (χ0) is 96.2. The molecule has 6 heteroatoms. The molecule has 0 radical (unpaired) electrons. The lowest BCUT2D eigenvalue weighted by molar-refractivity contribution is 0.467. The number of furan rings is 1. The van der Waals surface area contributed by atoms with Gasteiger partial charge in [0.05, 0.1) is 11.0 Å². The fourth-order valence-corrected chi connectivity index (χ4v) is 26.6. The second-order valence-corrected chi connectivity index (χ2v) is 40.5. The number of benzene rings is 27. The molecule has 684 valence electrons. The first-order valence-corrected chi connectivity index (χ1v) is 51.6. The van der Waals surface area contributed by atoms with E-state index < -0.39 is 0 Å². The predicted octanol–water partition coefficient (Wildman–Crippen LogP) is 39.5. The lowest BCUT2D eigenvalue weighted by Gasteiger charge is -2.33. The molecular formula is C141H85NO4S. The minimum Gasteiger partial charge on any atom is -0.456 e. The summed E-state index contributed by atoms with van der Waals surface area (Å²) in [7, 11) is 0. The Labute approximate surface area is 849 Å². The van der Waals surface area contributed by atoms with Gasteiger partial charge in [-0.05, 0) is 190 Å². The molecule has 0 N–H and O–H groups in total. The second kappa shape index (κ2) is 32.9. The molecule has 0 amide bonds. The van der Waals surface area contributed by atoms with Crippen LogP contribution in [-0.4, -0.2) is 4.57 Å². The zero-order valence-electron chi connectivity index (χ0n) is 79.6. The SMILES string of the molecule is c1ccc2c(c1)c1c(c3ccccc32)C(c2ccc(-n3c4ccccc4c4ccccc43)cc2)c2c(c3ccccc3c3ccccc23)O1.c1ccc2c(c1)oc1cc(-c3ccc(C4c5c(c6ccccc6c6ccccc56)Oc5c4c4ccccc4c4ccccc54)cc3)ccc12.c1ccc2c(c1)sc1cc(-c3ccc(C4c5c(c6ccccc6c6ccccc56)Oc5c4c4ccccc4c4ccccc54)cc3)ccc12. The van der Waals surface area contributed by atoms with Crippen LogP contribution in [0.1, 0.15) is 67.8 Å². The third-order valence-electron chi connectivity index (χ3n) is 31.9. The molecule has 0 spiro atoms. The van der Waals surface area contributed by atoms with Crippen molar-refractivity contribution < 1.29 is 18.6 Å². The minimum absolute atomic E-state index is 0.0260. The van der Waals surface area contributed by atoms with E-state index in [1.54, 1.807) is 0 Å². The van der Waals surface area contributed by atoms with Gasteiger partial charge in [-0.25, -0.2) is 0 Å². The summed E-state index contributed by atoms with van der Waals surface area (Å²) in [5.74, 6) is 5.63. The van der Waals surface area contributed by atoms with Gasteiger partial charge in [0, 0.05) is 131 Å². The quantitative estimate of drug-likeness (QED) is 0.156. The van der Waals surface area contributed by atoms with Crippen LogP contribution in [0.2, 0.25) is 0 Å². The van der Waals surface area contributed by atoms with Crippen molar-refractivity contribution in [3.63, 3.8) is 0 Å². The first-order valence-electron chi connectivity index (χ1n) is 50.7. The highest BCUT2D eigenvalue weighted by atomic mass is 32.1. The van der Waals surface area contributed by atoms with Crippen molar-refractivity contribution in [3.05, 3.63) is 548 Å². The maximum absolute atomic E-state index is 7.25. The van der Waals surface area contributed by atoms with Crippen molar-refractivity contribution in [2.75, 3.05) is 0 Å². The number of nitrogens with zero attached hydrogens (tertiary/aromatic N) is 1. The number of aromatic nitrogens is 1. The lowest BCUT2D eigenvalue weighted by Crippen LogP contribution is -2.14. The Morgan fingerprint density at radius 3 is 0.707 bits per heavy atom. The normalized spacial score (nSPS) is 13.0. The Morgan fingerprint density at radius 2 is 0.381 bits per heavy atom. The van der Waals surface area contributed by atoms with Crippen molar-refractivity contribution in [2.24, 2.45) is 0 Å². The van der Waals surface area contributed by atoms with Crippen molar-refractivity contribution >= 4 is 205 Å². The first-order chi connectivity index (χ1) is 73.0. The summed E-state index contributed by atoms with van der Waals surface area (Å²) < 4.78 is 33.0. The summed E-state index contributed by atoms with van der Waals surface area (Å²) in [6.07, 6.45) is 0. The molecule has 27 aromatic carbocycles. The monoisotopic (exact) mass is 1890 g/mol. The van der Waals surface area contributed by atoms with E-state index in [4.69, 9.17) is 18.6 Å². The number of hydrogen-bond donors (Lipinski definition) is 0. The topological polar surface area (TPSA) is 45.8 Å². The Morgan fingerprint density at radius 1 is 0.156 bits per heavy atom. The highest BCUT2D eigenvalue weighted by Gasteiger charge is 2.40. The number of rotatable bonds is 6. The highest BCUT2D eigenvalue weighted by Crippen LogP contribution is 2.63. The summed E-state index contributed by atoms with van der Waals surface area (Å²) in [6.45, 7) is 0. The standard InChI is InChI=1S/C47H29NO.C47H28O2.C47H28OS/c1-5-19-37-31(13-1)33-15-3-7-21-39(33)46-44(37)43(45-38-20-6-2-14-32(38)34-16-4-8-22-40(34)47(45)49-46)29-25-27-30(28-26-29)48-41-23-11-9-17-35(41)36-18-10-12-24-42(36)48;1-5-16-37-31(11-1)33-13-3-7-18-39(33)46-44(37)43(45-38-17-6-2-12-32(38)34-14-4-8-19-40(34)47(45)49-46)29-23-21-28(22-24-29)30-25-26-36-35-15-9-10-20-41(35)48-42(36)27-30;1-5-16-37-31(11-1)33-13-3-7-18-39(33)46-44(37)43(45-38-17-6-2-12-32(38)34-14-4-8-19-40(34)47(45)48-46)29-23-21-28(22-24-29)30-25-26-36-35-15-9-10-20-41(35)49-42(36)27-30/h1-28,43H;2*1-27,43H. The zero-order valence-corrected chi connectivity index (χ0v) is 80.4. The van der Waals surface area contributed by atoms with Gasteiger partial charge in [0.2, 0.25) is 0 Å². The second-order valence-electron chi connectivity index (χ2n) is 39.4. The third-order valence-corrected chi connectivity index (χ3v) is 33.0. The van der Waals surface area contributed by atoms with Crippen LogP contribution in [0.5, 0.6) is 34.5 Å². The van der Waals surface area contributed by atoms with Crippen LogP contribution < -0.4 is 14.2 Å².